The molecule has 0 atom stereocenters. The highest BCUT2D eigenvalue weighted by Gasteiger charge is 2.03. The van der Waals surface area contributed by atoms with Gasteiger partial charge in [-0.2, -0.15) is 12.6 Å². The van der Waals surface area contributed by atoms with Crippen LogP contribution in [0.2, 0.25) is 0 Å². The monoisotopic (exact) mass is 287 g/mol. The van der Waals surface area contributed by atoms with Crippen LogP contribution in [0, 0.1) is 6.92 Å². The third-order valence-corrected chi connectivity index (χ3v) is 3.71. The maximum absolute atomic E-state index is 4.49. The van der Waals surface area contributed by atoms with Crippen molar-refractivity contribution in [1.82, 2.24) is 0 Å². The summed E-state index contributed by atoms with van der Waals surface area (Å²) in [5.74, 6) is 0.931. The molecular formula is C18H25NS. The van der Waals surface area contributed by atoms with Gasteiger partial charge in [0.25, 0.3) is 0 Å². The third-order valence-electron chi connectivity index (χ3n) is 3.39. The number of hydrogen-bond acceptors (Lipinski definition) is 2. The third kappa shape index (κ3) is 5.01. The molecule has 0 N–H and O–H groups in total. The van der Waals surface area contributed by atoms with Crippen molar-refractivity contribution in [2.75, 3.05) is 5.75 Å². The van der Waals surface area contributed by atoms with E-state index in [1.165, 1.54) is 16.7 Å². The predicted molar refractivity (Wildman–Crippen MR) is 94.9 cm³/mol. The molecule has 0 saturated heterocycles. The number of thiol groups is 1. The highest BCUT2D eigenvalue weighted by atomic mass is 32.1. The Labute approximate surface area is 128 Å². The molecule has 0 aromatic heterocycles. The molecule has 0 aliphatic heterocycles. The summed E-state index contributed by atoms with van der Waals surface area (Å²) in [6, 6.07) is 6.53. The van der Waals surface area contributed by atoms with Crippen molar-refractivity contribution in [3.63, 3.8) is 0 Å². The summed E-state index contributed by atoms with van der Waals surface area (Å²) in [6.45, 7) is 10.4. The predicted octanol–water partition coefficient (Wildman–Crippen LogP) is 5.26. The van der Waals surface area contributed by atoms with E-state index in [0.717, 1.165) is 36.3 Å². The molecule has 2 heteroatoms. The number of nitrogens with zero attached hydrogens (tertiary/aromatic N) is 1. The highest BCUT2D eigenvalue weighted by molar-refractivity contribution is 7.80. The molecule has 0 aliphatic rings. The lowest BCUT2D eigenvalue weighted by molar-refractivity contribution is 0.934. The van der Waals surface area contributed by atoms with Crippen LogP contribution in [0.4, 0.5) is 0 Å². The number of rotatable bonds is 7. The van der Waals surface area contributed by atoms with Gasteiger partial charge < -0.3 is 0 Å². The average molecular weight is 287 g/mol. The summed E-state index contributed by atoms with van der Waals surface area (Å²) in [6.07, 6.45) is 7.19. The van der Waals surface area contributed by atoms with E-state index >= 15 is 0 Å². The smallest absolute Gasteiger partial charge is 0.0632 e. The van der Waals surface area contributed by atoms with E-state index in [4.69, 9.17) is 0 Å². The van der Waals surface area contributed by atoms with Gasteiger partial charge in [0.2, 0.25) is 0 Å². The van der Waals surface area contributed by atoms with Crippen molar-refractivity contribution in [1.29, 1.82) is 0 Å². The quantitative estimate of drug-likeness (QED) is 0.519. The highest BCUT2D eigenvalue weighted by Crippen LogP contribution is 2.20. The molecule has 20 heavy (non-hydrogen) atoms. The van der Waals surface area contributed by atoms with E-state index in [1.807, 2.05) is 13.1 Å². The second kappa shape index (κ2) is 8.80. The van der Waals surface area contributed by atoms with Crippen LogP contribution < -0.4 is 0 Å². The number of aryl methyl sites for hydroxylation is 2. The number of aliphatic imine (C=N–C) groups is 1. The average Bonchev–Trinajstić information content (AvgIpc) is 2.46. The van der Waals surface area contributed by atoms with E-state index in [1.54, 1.807) is 0 Å². The first-order valence-electron chi connectivity index (χ1n) is 7.21. The minimum absolute atomic E-state index is 0.830. The SMILES string of the molecule is C=C(N=C/C(=C\C)CC)c1ccc(CCCS)cc1C. The van der Waals surface area contributed by atoms with Crippen LogP contribution in [-0.2, 0) is 6.42 Å². The zero-order valence-corrected chi connectivity index (χ0v) is 13.7. The molecule has 0 saturated carbocycles. The molecule has 0 amide bonds. The summed E-state index contributed by atoms with van der Waals surface area (Å²) in [5.41, 5.74) is 5.79. The largest absolute Gasteiger partial charge is 0.257 e. The van der Waals surface area contributed by atoms with Gasteiger partial charge in [0.15, 0.2) is 0 Å². The molecule has 1 rings (SSSR count). The van der Waals surface area contributed by atoms with Gasteiger partial charge in [0, 0.05) is 11.8 Å². The van der Waals surface area contributed by atoms with E-state index in [-0.39, 0.29) is 0 Å². The van der Waals surface area contributed by atoms with Crippen LogP contribution in [-0.4, -0.2) is 12.0 Å². The van der Waals surface area contributed by atoms with Gasteiger partial charge in [0.05, 0.1) is 5.70 Å². The molecule has 0 spiro atoms. The molecule has 0 fully saturated rings. The van der Waals surface area contributed by atoms with E-state index < -0.39 is 0 Å². The fraction of sp³-hybridized carbons (Fsp3) is 0.389. The zero-order valence-electron chi connectivity index (χ0n) is 12.8. The summed E-state index contributed by atoms with van der Waals surface area (Å²) < 4.78 is 0. The Morgan fingerprint density at radius 3 is 2.70 bits per heavy atom. The maximum atomic E-state index is 4.49. The lowest BCUT2D eigenvalue weighted by Crippen LogP contribution is -1.92. The standard InChI is InChI=1S/C18H25NS/c1-5-16(6-2)13-19-15(4)18-10-9-17(8-7-11-20)12-14(18)3/h5,9-10,12-13,20H,4,6-8,11H2,1-3H3/b16-5-,19-13?. The van der Waals surface area contributed by atoms with Crippen LogP contribution in [0.25, 0.3) is 5.70 Å². The van der Waals surface area contributed by atoms with Gasteiger partial charge in [-0.1, -0.05) is 37.8 Å². The van der Waals surface area contributed by atoms with Crippen molar-refractivity contribution in [2.45, 2.75) is 40.0 Å². The van der Waals surface area contributed by atoms with Gasteiger partial charge in [-0.3, -0.25) is 4.99 Å². The lowest BCUT2D eigenvalue weighted by Gasteiger charge is -2.08. The number of hydrogen-bond donors (Lipinski definition) is 1. The van der Waals surface area contributed by atoms with Crippen molar-refractivity contribution in [3.8, 4) is 0 Å². The maximum Gasteiger partial charge on any atom is 0.0632 e. The molecule has 1 aromatic rings. The molecule has 0 bridgehead atoms. The van der Waals surface area contributed by atoms with E-state index in [9.17, 15) is 0 Å². The van der Waals surface area contributed by atoms with Gasteiger partial charge in [-0.15, -0.1) is 0 Å². The zero-order chi connectivity index (χ0) is 15.0. The van der Waals surface area contributed by atoms with Gasteiger partial charge >= 0.3 is 0 Å². The Balaban J connectivity index is 2.84. The van der Waals surface area contributed by atoms with Crippen LogP contribution in [0.3, 0.4) is 0 Å². The van der Waals surface area contributed by atoms with Gasteiger partial charge in [-0.05, 0) is 55.6 Å². The normalized spacial score (nSPS) is 12.1. The van der Waals surface area contributed by atoms with E-state index in [2.05, 4.69) is 62.3 Å². The molecule has 0 unspecified atom stereocenters. The summed E-state index contributed by atoms with van der Waals surface area (Å²) in [4.78, 5) is 4.49. The van der Waals surface area contributed by atoms with E-state index in [0.29, 0.717) is 0 Å². The molecule has 0 radical (unpaired) electrons. The summed E-state index contributed by atoms with van der Waals surface area (Å²) in [7, 11) is 0. The first-order valence-corrected chi connectivity index (χ1v) is 7.84. The molecule has 1 nitrogen and oxygen atoms in total. The van der Waals surface area contributed by atoms with Crippen molar-refractivity contribution < 1.29 is 0 Å². The topological polar surface area (TPSA) is 12.4 Å². The fourth-order valence-electron chi connectivity index (χ4n) is 2.09. The van der Waals surface area contributed by atoms with Crippen molar-refractivity contribution in [2.24, 2.45) is 4.99 Å². The minimum atomic E-state index is 0.830. The van der Waals surface area contributed by atoms with Crippen molar-refractivity contribution in [3.05, 3.63) is 53.1 Å². The van der Waals surface area contributed by atoms with Crippen LogP contribution >= 0.6 is 12.6 Å². The second-order valence-corrected chi connectivity index (χ2v) is 5.35. The lowest BCUT2D eigenvalue weighted by atomic mass is 10.0. The first kappa shape index (κ1) is 16.8. The van der Waals surface area contributed by atoms with Crippen LogP contribution in [0.15, 0.2) is 41.4 Å². The van der Waals surface area contributed by atoms with Crippen molar-refractivity contribution >= 4 is 24.5 Å². The fourth-order valence-corrected chi connectivity index (χ4v) is 2.25. The molecular weight excluding hydrogens is 262 g/mol. The number of benzene rings is 1. The number of allylic oxidation sites excluding steroid dienone is 2. The Morgan fingerprint density at radius 1 is 1.40 bits per heavy atom. The Kier molecular flexibility index (Phi) is 7.38. The second-order valence-electron chi connectivity index (χ2n) is 4.90. The molecule has 0 aliphatic carbocycles. The van der Waals surface area contributed by atoms with Crippen LogP contribution in [0.1, 0.15) is 43.4 Å². The Hall–Kier alpha value is -1.28. The molecule has 108 valence electrons. The molecule has 0 heterocycles. The Bertz CT molecular complexity index is 512. The van der Waals surface area contributed by atoms with Crippen LogP contribution in [0.5, 0.6) is 0 Å². The van der Waals surface area contributed by atoms with Gasteiger partial charge in [0.1, 0.15) is 0 Å². The first-order chi connectivity index (χ1) is 9.62. The van der Waals surface area contributed by atoms with Gasteiger partial charge in [-0.25, -0.2) is 0 Å². The minimum Gasteiger partial charge on any atom is -0.257 e. The molecule has 1 aromatic carbocycles. The Morgan fingerprint density at radius 2 is 2.15 bits per heavy atom. The summed E-state index contributed by atoms with van der Waals surface area (Å²) in [5, 5.41) is 0. The summed E-state index contributed by atoms with van der Waals surface area (Å²) >= 11 is 4.26.